The number of hydrogen-bond donors (Lipinski definition) is 1. The van der Waals surface area contributed by atoms with Crippen LogP contribution in [-0.2, 0) is 24.1 Å². The molecular formula is C27H22O3. The third-order valence-electron chi connectivity index (χ3n) is 5.18. The summed E-state index contributed by atoms with van der Waals surface area (Å²) in [7, 11) is 0. The van der Waals surface area contributed by atoms with E-state index in [0.29, 0.717) is 24.8 Å². The second kappa shape index (κ2) is 8.75. The van der Waals surface area contributed by atoms with Crippen LogP contribution in [0.5, 0.6) is 5.75 Å². The van der Waals surface area contributed by atoms with Crippen molar-refractivity contribution in [3.63, 3.8) is 0 Å². The van der Waals surface area contributed by atoms with E-state index < -0.39 is 0 Å². The molecular weight excluding hydrogens is 372 g/mol. The van der Waals surface area contributed by atoms with Crippen molar-refractivity contribution in [1.29, 1.82) is 0 Å². The molecule has 0 saturated heterocycles. The van der Waals surface area contributed by atoms with Crippen LogP contribution in [0.2, 0.25) is 0 Å². The minimum Gasteiger partial charge on any atom is -0.508 e. The Balaban J connectivity index is 1.38. The predicted octanol–water partition coefficient (Wildman–Crippen LogP) is 5.33. The van der Waals surface area contributed by atoms with Gasteiger partial charge in [-0.1, -0.05) is 72.8 Å². The highest BCUT2D eigenvalue weighted by Gasteiger charge is 2.10. The Kier molecular flexibility index (Phi) is 5.71. The van der Waals surface area contributed by atoms with Crippen molar-refractivity contribution in [2.75, 3.05) is 0 Å². The highest BCUT2D eigenvalue weighted by molar-refractivity contribution is 6.01. The van der Waals surface area contributed by atoms with Gasteiger partial charge in [0.2, 0.25) is 0 Å². The normalized spacial score (nSPS) is 10.8. The molecule has 0 fully saturated rings. The zero-order valence-electron chi connectivity index (χ0n) is 16.5. The lowest BCUT2D eigenvalue weighted by molar-refractivity contribution is -0.117. The first kappa shape index (κ1) is 19.6. The summed E-state index contributed by atoms with van der Waals surface area (Å²) >= 11 is 0. The maximum absolute atomic E-state index is 12.7. The number of benzene rings is 4. The Bertz CT molecular complexity index is 1190. The van der Waals surface area contributed by atoms with E-state index in [4.69, 9.17) is 0 Å². The van der Waals surface area contributed by atoms with Gasteiger partial charge in [-0.25, -0.2) is 0 Å². The highest BCUT2D eigenvalue weighted by atomic mass is 16.3. The van der Waals surface area contributed by atoms with Crippen molar-refractivity contribution >= 4 is 22.3 Å². The van der Waals surface area contributed by atoms with Gasteiger partial charge in [0.25, 0.3) is 0 Å². The molecule has 3 heteroatoms. The summed E-state index contributed by atoms with van der Waals surface area (Å²) < 4.78 is 0. The van der Waals surface area contributed by atoms with Crippen LogP contribution in [-0.4, -0.2) is 16.7 Å². The molecule has 0 saturated carbocycles. The molecule has 0 spiro atoms. The van der Waals surface area contributed by atoms with Crippen molar-refractivity contribution < 1.29 is 14.7 Å². The number of fused-ring (bicyclic) bond motifs is 1. The highest BCUT2D eigenvalue weighted by Crippen LogP contribution is 2.22. The maximum Gasteiger partial charge on any atom is 0.167 e. The van der Waals surface area contributed by atoms with Crippen LogP contribution in [0.15, 0.2) is 91.0 Å². The van der Waals surface area contributed by atoms with Crippen LogP contribution in [0.25, 0.3) is 10.8 Å². The van der Waals surface area contributed by atoms with E-state index >= 15 is 0 Å². The van der Waals surface area contributed by atoms with Crippen molar-refractivity contribution in [2.24, 2.45) is 0 Å². The molecule has 0 aliphatic carbocycles. The smallest absolute Gasteiger partial charge is 0.167 e. The van der Waals surface area contributed by atoms with Gasteiger partial charge in [0.1, 0.15) is 11.5 Å². The molecule has 30 heavy (non-hydrogen) atoms. The van der Waals surface area contributed by atoms with Crippen LogP contribution >= 0.6 is 0 Å². The van der Waals surface area contributed by atoms with Gasteiger partial charge in [-0.2, -0.15) is 0 Å². The molecule has 0 unspecified atom stereocenters. The van der Waals surface area contributed by atoms with Gasteiger partial charge in [-0.05, 0) is 45.7 Å². The van der Waals surface area contributed by atoms with E-state index in [1.54, 1.807) is 18.2 Å². The van der Waals surface area contributed by atoms with E-state index in [9.17, 15) is 14.7 Å². The quantitative estimate of drug-likeness (QED) is 0.431. The van der Waals surface area contributed by atoms with Crippen molar-refractivity contribution in [2.45, 2.75) is 19.3 Å². The number of ketones is 2. The number of carbonyl (C=O) groups is 2. The standard InChI is InChI=1S/C27H22O3/c28-25-13-12-22-17-24(11-10-23(22)18-25)27(30)16-21-8-6-20(7-9-21)15-26(29)14-19-4-2-1-3-5-19/h1-13,17-18,28H,14-16H2. The summed E-state index contributed by atoms with van der Waals surface area (Å²) in [5.74, 6) is 0.425. The third kappa shape index (κ3) is 4.81. The van der Waals surface area contributed by atoms with Gasteiger partial charge in [0.05, 0.1) is 0 Å². The fourth-order valence-electron chi connectivity index (χ4n) is 3.58. The average Bonchev–Trinajstić information content (AvgIpc) is 2.75. The van der Waals surface area contributed by atoms with E-state index in [1.165, 1.54) is 0 Å². The Hall–Kier alpha value is -3.72. The molecule has 0 radical (unpaired) electrons. The SMILES string of the molecule is O=C(Cc1ccccc1)Cc1ccc(CC(=O)c2ccc3cc(O)ccc3c2)cc1. The van der Waals surface area contributed by atoms with Crippen molar-refractivity contribution in [3.05, 3.63) is 113 Å². The Morgan fingerprint density at radius 1 is 0.600 bits per heavy atom. The van der Waals surface area contributed by atoms with Crippen LogP contribution < -0.4 is 0 Å². The van der Waals surface area contributed by atoms with Gasteiger partial charge in [-0.3, -0.25) is 9.59 Å². The van der Waals surface area contributed by atoms with Gasteiger partial charge in [-0.15, -0.1) is 0 Å². The van der Waals surface area contributed by atoms with E-state index in [1.807, 2.05) is 72.8 Å². The molecule has 148 valence electrons. The Labute approximate surface area is 175 Å². The molecule has 3 nitrogen and oxygen atoms in total. The number of aromatic hydroxyl groups is 1. The van der Waals surface area contributed by atoms with Gasteiger partial charge < -0.3 is 5.11 Å². The molecule has 4 rings (SSSR count). The minimum absolute atomic E-state index is 0.0397. The van der Waals surface area contributed by atoms with Crippen LogP contribution in [0.1, 0.15) is 27.0 Å². The van der Waals surface area contributed by atoms with E-state index in [2.05, 4.69) is 0 Å². The zero-order chi connectivity index (χ0) is 20.9. The first-order chi connectivity index (χ1) is 14.6. The monoisotopic (exact) mass is 394 g/mol. The van der Waals surface area contributed by atoms with E-state index in [-0.39, 0.29) is 17.3 Å². The number of carbonyl (C=O) groups excluding carboxylic acids is 2. The molecule has 0 aliphatic heterocycles. The molecule has 0 atom stereocenters. The lowest BCUT2D eigenvalue weighted by Crippen LogP contribution is -2.07. The van der Waals surface area contributed by atoms with E-state index in [0.717, 1.165) is 27.5 Å². The molecule has 1 N–H and O–H groups in total. The predicted molar refractivity (Wildman–Crippen MR) is 119 cm³/mol. The average molecular weight is 394 g/mol. The zero-order valence-corrected chi connectivity index (χ0v) is 16.5. The van der Waals surface area contributed by atoms with Crippen molar-refractivity contribution in [1.82, 2.24) is 0 Å². The van der Waals surface area contributed by atoms with Gasteiger partial charge in [0.15, 0.2) is 5.78 Å². The molecule has 4 aromatic carbocycles. The lowest BCUT2D eigenvalue weighted by atomic mass is 9.98. The molecule has 0 amide bonds. The lowest BCUT2D eigenvalue weighted by Gasteiger charge is -2.06. The number of hydrogen-bond acceptors (Lipinski definition) is 3. The number of phenolic OH excluding ortho intramolecular Hbond substituents is 1. The van der Waals surface area contributed by atoms with Crippen LogP contribution in [0.3, 0.4) is 0 Å². The summed E-state index contributed by atoms with van der Waals surface area (Å²) in [5.41, 5.74) is 3.55. The first-order valence-corrected chi connectivity index (χ1v) is 9.96. The van der Waals surface area contributed by atoms with Gasteiger partial charge in [0, 0.05) is 24.8 Å². The number of rotatable bonds is 7. The fourth-order valence-corrected chi connectivity index (χ4v) is 3.58. The first-order valence-electron chi connectivity index (χ1n) is 9.96. The van der Waals surface area contributed by atoms with Crippen molar-refractivity contribution in [3.8, 4) is 5.75 Å². The third-order valence-corrected chi connectivity index (χ3v) is 5.18. The Morgan fingerprint density at radius 2 is 1.17 bits per heavy atom. The van der Waals surface area contributed by atoms with Gasteiger partial charge >= 0.3 is 0 Å². The molecule has 0 aromatic heterocycles. The molecule has 0 heterocycles. The molecule has 0 aliphatic rings. The minimum atomic E-state index is 0.0397. The summed E-state index contributed by atoms with van der Waals surface area (Å²) in [5, 5.41) is 11.4. The van der Waals surface area contributed by atoms with Crippen LogP contribution in [0.4, 0.5) is 0 Å². The summed E-state index contributed by atoms with van der Waals surface area (Å²) in [6.45, 7) is 0. The van der Waals surface area contributed by atoms with Crippen LogP contribution in [0, 0.1) is 0 Å². The number of phenols is 1. The second-order valence-corrected chi connectivity index (χ2v) is 7.54. The topological polar surface area (TPSA) is 54.4 Å². The molecule has 4 aromatic rings. The summed E-state index contributed by atoms with van der Waals surface area (Å²) in [6, 6.07) is 28.0. The molecule has 0 bridgehead atoms. The summed E-state index contributed by atoms with van der Waals surface area (Å²) in [4.78, 5) is 25.0. The number of Topliss-reactive ketones (excluding diaryl/α,β-unsaturated/α-hetero) is 2. The maximum atomic E-state index is 12.7. The summed E-state index contributed by atoms with van der Waals surface area (Å²) in [6.07, 6.45) is 1.13. The Morgan fingerprint density at radius 3 is 1.87 bits per heavy atom. The second-order valence-electron chi connectivity index (χ2n) is 7.54. The largest absolute Gasteiger partial charge is 0.508 e. The fraction of sp³-hybridized carbons (Fsp3) is 0.111.